The van der Waals surface area contributed by atoms with Gasteiger partial charge >= 0.3 is 0 Å². The Labute approximate surface area is 104 Å². The maximum atomic E-state index is 13.4. The molecule has 0 spiro atoms. The lowest BCUT2D eigenvalue weighted by Gasteiger charge is -2.11. The Morgan fingerprint density at radius 2 is 2.12 bits per heavy atom. The number of carbonyl (C=O) groups is 1. The Morgan fingerprint density at radius 1 is 1.47 bits per heavy atom. The quantitative estimate of drug-likeness (QED) is 0.893. The molecule has 0 aliphatic rings. The number of hydrogen-bond donors (Lipinski definition) is 2. The lowest BCUT2D eigenvalue weighted by Crippen LogP contribution is -2.36. The summed E-state index contributed by atoms with van der Waals surface area (Å²) in [7, 11) is 0. The van der Waals surface area contributed by atoms with Crippen molar-refractivity contribution in [1.29, 1.82) is 0 Å². The minimum Gasteiger partial charge on any atom is -0.385 e. The highest BCUT2D eigenvalue weighted by atomic mass is 79.9. The molecule has 1 aromatic carbocycles. The van der Waals surface area contributed by atoms with Crippen LogP contribution < -0.4 is 5.32 Å². The first kappa shape index (κ1) is 14.0. The van der Waals surface area contributed by atoms with Crippen LogP contribution in [-0.2, 0) is 0 Å². The van der Waals surface area contributed by atoms with E-state index in [-0.39, 0.29) is 10.0 Å². The number of alkyl halides is 2. The van der Waals surface area contributed by atoms with Crippen LogP contribution in [0.4, 0.5) is 13.2 Å². The molecule has 1 rings (SSSR count). The van der Waals surface area contributed by atoms with Crippen molar-refractivity contribution in [3.63, 3.8) is 0 Å². The van der Waals surface area contributed by atoms with Gasteiger partial charge in [-0.15, -0.1) is 0 Å². The van der Waals surface area contributed by atoms with Crippen molar-refractivity contribution in [2.45, 2.75) is 12.5 Å². The predicted molar refractivity (Wildman–Crippen MR) is 58.4 cm³/mol. The van der Waals surface area contributed by atoms with E-state index >= 15 is 0 Å². The summed E-state index contributed by atoms with van der Waals surface area (Å²) in [5, 5.41) is 10.8. The number of amides is 1. The normalized spacial score (nSPS) is 12.6. The highest BCUT2D eigenvalue weighted by Gasteiger charge is 2.19. The Kier molecular flexibility index (Phi) is 4.95. The van der Waals surface area contributed by atoms with Gasteiger partial charge in [-0.25, -0.2) is 13.2 Å². The number of nitrogens with one attached hydrogen (secondary N) is 1. The van der Waals surface area contributed by atoms with Gasteiger partial charge in [0.15, 0.2) is 0 Å². The highest BCUT2D eigenvalue weighted by Crippen LogP contribution is 2.18. The fourth-order valence-corrected chi connectivity index (χ4v) is 1.43. The second-order valence-electron chi connectivity index (χ2n) is 3.21. The van der Waals surface area contributed by atoms with E-state index in [4.69, 9.17) is 5.11 Å². The smallest absolute Gasteiger partial charge is 0.265 e. The third kappa shape index (κ3) is 3.71. The minimum absolute atomic E-state index is 0.0968. The van der Waals surface area contributed by atoms with Crippen molar-refractivity contribution in [3.8, 4) is 0 Å². The standard InChI is InChI=1S/C10H9BrF3NO2/c11-6-3-1-2-5(8(6)12)10(17)15-4-7(16)9(13)14/h1-3,7,9,16H,4H2,(H,15,17). The Hall–Kier alpha value is -1.08. The average Bonchev–Trinajstić information content (AvgIpc) is 2.29. The molecule has 1 atom stereocenters. The monoisotopic (exact) mass is 311 g/mol. The Balaban J connectivity index is 2.68. The zero-order valence-electron chi connectivity index (χ0n) is 8.46. The van der Waals surface area contributed by atoms with Gasteiger partial charge in [0.1, 0.15) is 11.9 Å². The van der Waals surface area contributed by atoms with Crippen molar-refractivity contribution < 1.29 is 23.1 Å². The highest BCUT2D eigenvalue weighted by molar-refractivity contribution is 9.10. The van der Waals surface area contributed by atoms with E-state index in [0.717, 1.165) is 0 Å². The molecule has 0 aliphatic carbocycles. The number of aliphatic hydroxyl groups excluding tert-OH is 1. The van der Waals surface area contributed by atoms with Crippen molar-refractivity contribution in [2.24, 2.45) is 0 Å². The number of aliphatic hydroxyl groups is 1. The third-order valence-electron chi connectivity index (χ3n) is 1.96. The van der Waals surface area contributed by atoms with Gasteiger partial charge in [-0.05, 0) is 28.1 Å². The maximum absolute atomic E-state index is 13.4. The van der Waals surface area contributed by atoms with Crippen LogP contribution in [0.5, 0.6) is 0 Å². The van der Waals surface area contributed by atoms with Gasteiger partial charge in [0.2, 0.25) is 0 Å². The molecule has 0 saturated heterocycles. The van der Waals surface area contributed by atoms with Crippen LogP contribution in [-0.4, -0.2) is 30.1 Å². The summed E-state index contributed by atoms with van der Waals surface area (Å²) in [6.45, 7) is -0.636. The second kappa shape index (κ2) is 6.02. The summed E-state index contributed by atoms with van der Waals surface area (Å²) >= 11 is 2.89. The average molecular weight is 312 g/mol. The van der Waals surface area contributed by atoms with E-state index in [2.05, 4.69) is 15.9 Å². The third-order valence-corrected chi connectivity index (χ3v) is 2.57. The van der Waals surface area contributed by atoms with Gasteiger partial charge in [-0.1, -0.05) is 6.07 Å². The van der Waals surface area contributed by atoms with Crippen LogP contribution in [0.3, 0.4) is 0 Å². The molecule has 0 saturated carbocycles. The summed E-state index contributed by atoms with van der Waals surface area (Å²) in [6.07, 6.45) is -4.92. The van der Waals surface area contributed by atoms with Crippen LogP contribution in [0.2, 0.25) is 0 Å². The molecule has 1 unspecified atom stereocenters. The molecule has 1 amide bonds. The Morgan fingerprint density at radius 3 is 2.71 bits per heavy atom. The number of hydrogen-bond acceptors (Lipinski definition) is 2. The lowest BCUT2D eigenvalue weighted by atomic mass is 10.2. The Bertz CT molecular complexity index is 415. The molecule has 3 nitrogen and oxygen atoms in total. The molecule has 1 aromatic rings. The van der Waals surface area contributed by atoms with Crippen LogP contribution in [0, 0.1) is 5.82 Å². The van der Waals surface area contributed by atoms with E-state index in [1.807, 2.05) is 5.32 Å². The molecule has 94 valence electrons. The summed E-state index contributed by atoms with van der Waals surface area (Å²) < 4.78 is 37.4. The maximum Gasteiger partial charge on any atom is 0.265 e. The van der Waals surface area contributed by atoms with Crippen LogP contribution in [0.1, 0.15) is 10.4 Å². The van der Waals surface area contributed by atoms with E-state index in [0.29, 0.717) is 0 Å². The van der Waals surface area contributed by atoms with Crippen molar-refractivity contribution in [2.75, 3.05) is 6.54 Å². The van der Waals surface area contributed by atoms with Crippen molar-refractivity contribution in [1.82, 2.24) is 5.32 Å². The largest absolute Gasteiger partial charge is 0.385 e. The predicted octanol–water partition coefficient (Wildman–Crippen LogP) is 1.94. The van der Waals surface area contributed by atoms with Crippen molar-refractivity contribution >= 4 is 21.8 Å². The van der Waals surface area contributed by atoms with Gasteiger partial charge in [0.05, 0.1) is 10.0 Å². The van der Waals surface area contributed by atoms with Gasteiger partial charge < -0.3 is 10.4 Å². The zero-order chi connectivity index (χ0) is 13.0. The van der Waals surface area contributed by atoms with Gasteiger partial charge in [-0.2, -0.15) is 0 Å². The summed E-state index contributed by atoms with van der Waals surface area (Å²) in [6, 6.07) is 4.05. The number of rotatable bonds is 4. The molecule has 0 bridgehead atoms. The number of halogens is 4. The molecule has 0 fully saturated rings. The van der Waals surface area contributed by atoms with E-state index in [9.17, 15) is 18.0 Å². The molecule has 17 heavy (non-hydrogen) atoms. The molecule has 0 heterocycles. The first-order valence-corrected chi connectivity index (χ1v) is 5.41. The van der Waals surface area contributed by atoms with Gasteiger partial charge in [0, 0.05) is 6.54 Å². The molecule has 0 aromatic heterocycles. The van der Waals surface area contributed by atoms with E-state index in [1.165, 1.54) is 18.2 Å². The fraction of sp³-hybridized carbons (Fsp3) is 0.300. The zero-order valence-corrected chi connectivity index (χ0v) is 10.0. The van der Waals surface area contributed by atoms with Crippen LogP contribution in [0.15, 0.2) is 22.7 Å². The first-order valence-electron chi connectivity index (χ1n) is 4.62. The lowest BCUT2D eigenvalue weighted by molar-refractivity contribution is -0.00272. The molecular formula is C10H9BrF3NO2. The first-order chi connectivity index (χ1) is 7.93. The van der Waals surface area contributed by atoms with Gasteiger partial charge in [0.25, 0.3) is 12.3 Å². The fourth-order valence-electron chi connectivity index (χ4n) is 1.06. The SMILES string of the molecule is O=C(NCC(O)C(F)F)c1cccc(Br)c1F. The molecular weight excluding hydrogens is 303 g/mol. The van der Waals surface area contributed by atoms with Crippen LogP contribution >= 0.6 is 15.9 Å². The second-order valence-corrected chi connectivity index (χ2v) is 4.07. The molecule has 0 radical (unpaired) electrons. The molecule has 0 aliphatic heterocycles. The summed E-state index contributed by atoms with van der Waals surface area (Å²) in [5.74, 6) is -1.64. The number of carbonyl (C=O) groups excluding carboxylic acids is 1. The summed E-state index contributed by atoms with van der Waals surface area (Å²) in [5.41, 5.74) is -0.277. The number of benzene rings is 1. The van der Waals surface area contributed by atoms with Crippen molar-refractivity contribution in [3.05, 3.63) is 34.1 Å². The topological polar surface area (TPSA) is 49.3 Å². The molecule has 7 heteroatoms. The van der Waals surface area contributed by atoms with Crippen LogP contribution in [0.25, 0.3) is 0 Å². The summed E-state index contributed by atoms with van der Waals surface area (Å²) in [4.78, 5) is 11.4. The van der Waals surface area contributed by atoms with Gasteiger partial charge in [-0.3, -0.25) is 4.79 Å². The minimum atomic E-state index is -2.96. The molecule has 2 N–H and O–H groups in total. The van der Waals surface area contributed by atoms with E-state index < -0.39 is 30.8 Å². The van der Waals surface area contributed by atoms with E-state index in [1.54, 1.807) is 0 Å².